The molecule has 0 aliphatic heterocycles. The second kappa shape index (κ2) is 9.49. The Morgan fingerprint density at radius 1 is 1.12 bits per heavy atom. The number of carbonyl (C=O) groups excluding carboxylic acids is 1. The monoisotopic (exact) mass is 430 g/mol. The van der Waals surface area contributed by atoms with Gasteiger partial charge in [0.2, 0.25) is 11.8 Å². The largest absolute Gasteiger partial charge is 0.439 e. The van der Waals surface area contributed by atoms with Gasteiger partial charge in [-0.2, -0.15) is 4.98 Å². The number of likely N-dealkylation sites (N-methyl/N-ethyl adjacent to an activating group) is 1. The van der Waals surface area contributed by atoms with E-state index in [-0.39, 0.29) is 5.91 Å². The van der Waals surface area contributed by atoms with Gasteiger partial charge < -0.3 is 25.3 Å². The van der Waals surface area contributed by atoms with E-state index < -0.39 is 0 Å². The van der Waals surface area contributed by atoms with Crippen LogP contribution in [-0.4, -0.2) is 52.9 Å². The van der Waals surface area contributed by atoms with Crippen LogP contribution in [0.1, 0.15) is 16.1 Å². The zero-order valence-corrected chi connectivity index (χ0v) is 18.3. The summed E-state index contributed by atoms with van der Waals surface area (Å²) >= 11 is 0. The molecule has 0 radical (unpaired) electrons. The third-order valence-corrected chi connectivity index (χ3v) is 4.80. The molecule has 0 saturated carbocycles. The van der Waals surface area contributed by atoms with Gasteiger partial charge >= 0.3 is 0 Å². The lowest BCUT2D eigenvalue weighted by Gasteiger charge is -2.11. The fourth-order valence-corrected chi connectivity index (χ4v) is 3.26. The van der Waals surface area contributed by atoms with Gasteiger partial charge in [-0.3, -0.25) is 4.79 Å². The average molecular weight is 431 g/mol. The van der Waals surface area contributed by atoms with E-state index >= 15 is 0 Å². The lowest BCUT2D eigenvalue weighted by atomic mass is 10.2. The highest BCUT2D eigenvalue weighted by Crippen LogP contribution is 2.26. The summed E-state index contributed by atoms with van der Waals surface area (Å²) in [7, 11) is 3.93. The Kier molecular flexibility index (Phi) is 6.32. The minimum Gasteiger partial charge on any atom is -0.439 e. The number of anilines is 2. The number of fused-ring (bicyclic) bond motifs is 1. The molecule has 0 aliphatic rings. The van der Waals surface area contributed by atoms with Gasteiger partial charge in [0.05, 0.1) is 0 Å². The first-order valence-electron chi connectivity index (χ1n) is 10.4. The van der Waals surface area contributed by atoms with E-state index in [1.54, 1.807) is 24.4 Å². The summed E-state index contributed by atoms with van der Waals surface area (Å²) in [6.07, 6.45) is 1.63. The van der Waals surface area contributed by atoms with E-state index in [2.05, 4.69) is 31.7 Å². The molecule has 1 amide bonds. The van der Waals surface area contributed by atoms with Crippen LogP contribution in [0.5, 0.6) is 11.6 Å². The Bertz CT molecular complexity index is 1230. The number of nitrogens with zero attached hydrogens (tertiary/aromatic N) is 3. The van der Waals surface area contributed by atoms with Gasteiger partial charge in [-0.15, -0.1) is 0 Å². The summed E-state index contributed by atoms with van der Waals surface area (Å²) in [6, 6.07) is 16.8. The maximum Gasteiger partial charge on any atom is 0.251 e. The number of ether oxygens (including phenoxy) is 1. The molecule has 0 unspecified atom stereocenters. The van der Waals surface area contributed by atoms with Crippen molar-refractivity contribution in [3.8, 4) is 11.6 Å². The van der Waals surface area contributed by atoms with E-state index in [0.29, 0.717) is 35.4 Å². The number of amides is 1. The first-order valence-corrected chi connectivity index (χ1v) is 10.4. The molecule has 0 spiro atoms. The number of aromatic amines is 1. The van der Waals surface area contributed by atoms with E-state index in [4.69, 9.17) is 4.74 Å². The highest BCUT2D eigenvalue weighted by molar-refractivity contribution is 5.95. The predicted octanol–water partition coefficient (Wildman–Crippen LogP) is 4.09. The Morgan fingerprint density at radius 3 is 2.84 bits per heavy atom. The SMILES string of the molecule is Cc1cc2cc(Oc3ccnc(Nc4cccc(C(=O)NCCN(C)C)c4)n3)ccc2[nH]1. The number of aromatic nitrogens is 3. The standard InChI is InChI=1S/C24H26N6O2/c1-16-13-18-15-20(7-8-21(18)27-16)32-22-9-10-26-24(29-22)28-19-6-4-5-17(14-19)23(31)25-11-12-30(2)3/h4-10,13-15,27H,11-12H2,1-3H3,(H,25,31)(H,26,28,29). The molecular formula is C24H26N6O2. The van der Waals surface area contributed by atoms with Crippen molar-refractivity contribution in [2.75, 3.05) is 32.5 Å². The van der Waals surface area contributed by atoms with Gasteiger partial charge in [0.25, 0.3) is 5.91 Å². The molecule has 2 heterocycles. The zero-order chi connectivity index (χ0) is 22.5. The topological polar surface area (TPSA) is 95.2 Å². The molecule has 0 aliphatic carbocycles. The molecular weight excluding hydrogens is 404 g/mol. The number of hydrogen-bond donors (Lipinski definition) is 3. The number of rotatable bonds is 8. The maximum atomic E-state index is 12.4. The molecule has 4 rings (SSSR count). The van der Waals surface area contributed by atoms with Crippen molar-refractivity contribution in [2.45, 2.75) is 6.92 Å². The van der Waals surface area contributed by atoms with Gasteiger partial charge in [-0.1, -0.05) is 6.07 Å². The van der Waals surface area contributed by atoms with E-state index in [9.17, 15) is 4.79 Å². The first kappa shape index (κ1) is 21.3. The summed E-state index contributed by atoms with van der Waals surface area (Å²) in [6.45, 7) is 3.38. The normalized spacial score (nSPS) is 11.0. The van der Waals surface area contributed by atoms with Crippen molar-refractivity contribution < 1.29 is 9.53 Å². The van der Waals surface area contributed by atoms with Crippen LogP contribution in [0.25, 0.3) is 10.9 Å². The molecule has 0 fully saturated rings. The Labute approximate surface area is 186 Å². The smallest absolute Gasteiger partial charge is 0.251 e. The van der Waals surface area contributed by atoms with Gasteiger partial charge in [-0.25, -0.2) is 4.98 Å². The van der Waals surface area contributed by atoms with E-state index in [1.807, 2.05) is 56.3 Å². The molecule has 3 N–H and O–H groups in total. The number of nitrogens with one attached hydrogen (secondary N) is 3. The predicted molar refractivity (Wildman–Crippen MR) is 126 cm³/mol. The molecule has 2 aromatic carbocycles. The van der Waals surface area contributed by atoms with Crippen LogP contribution in [0.4, 0.5) is 11.6 Å². The minimum atomic E-state index is -0.121. The van der Waals surface area contributed by atoms with E-state index in [0.717, 1.165) is 23.1 Å². The van der Waals surface area contributed by atoms with Crippen LogP contribution >= 0.6 is 0 Å². The molecule has 0 saturated heterocycles. The second-order valence-corrected chi connectivity index (χ2v) is 7.79. The lowest BCUT2D eigenvalue weighted by molar-refractivity contribution is 0.0951. The molecule has 0 bridgehead atoms. The molecule has 8 heteroatoms. The van der Waals surface area contributed by atoms with Crippen molar-refractivity contribution >= 4 is 28.4 Å². The fraction of sp³-hybridized carbons (Fsp3) is 0.208. The van der Waals surface area contributed by atoms with Crippen LogP contribution in [0.3, 0.4) is 0 Å². The van der Waals surface area contributed by atoms with Gasteiger partial charge in [0.1, 0.15) is 5.75 Å². The lowest BCUT2D eigenvalue weighted by Crippen LogP contribution is -2.31. The van der Waals surface area contributed by atoms with Crippen LogP contribution in [0.2, 0.25) is 0 Å². The van der Waals surface area contributed by atoms with Crippen molar-refractivity contribution in [1.82, 2.24) is 25.2 Å². The maximum absolute atomic E-state index is 12.4. The highest BCUT2D eigenvalue weighted by atomic mass is 16.5. The number of carbonyl (C=O) groups is 1. The van der Waals surface area contributed by atoms with Gasteiger partial charge in [0, 0.05) is 53.2 Å². The Hall–Kier alpha value is -3.91. The van der Waals surface area contributed by atoms with Crippen molar-refractivity contribution in [3.05, 3.63) is 72.1 Å². The van der Waals surface area contributed by atoms with Crippen molar-refractivity contribution in [2.24, 2.45) is 0 Å². The van der Waals surface area contributed by atoms with Crippen molar-refractivity contribution in [1.29, 1.82) is 0 Å². The quantitative estimate of drug-likeness (QED) is 0.390. The molecule has 164 valence electrons. The molecule has 2 aromatic heterocycles. The van der Waals surface area contributed by atoms with Crippen molar-refractivity contribution in [3.63, 3.8) is 0 Å². The summed E-state index contributed by atoms with van der Waals surface area (Å²) in [5.41, 5.74) is 3.44. The van der Waals surface area contributed by atoms with Crippen LogP contribution in [-0.2, 0) is 0 Å². The summed E-state index contributed by atoms with van der Waals surface area (Å²) in [5.74, 6) is 1.37. The number of hydrogen-bond acceptors (Lipinski definition) is 6. The number of H-pyrrole nitrogens is 1. The first-order chi connectivity index (χ1) is 15.5. The Balaban J connectivity index is 1.43. The average Bonchev–Trinajstić information content (AvgIpc) is 3.13. The number of benzene rings is 2. The minimum absolute atomic E-state index is 0.121. The third-order valence-electron chi connectivity index (χ3n) is 4.80. The highest BCUT2D eigenvalue weighted by Gasteiger charge is 2.08. The third kappa shape index (κ3) is 5.41. The number of aryl methyl sites for hydroxylation is 1. The Morgan fingerprint density at radius 2 is 2.00 bits per heavy atom. The van der Waals surface area contributed by atoms with Gasteiger partial charge in [-0.05, 0) is 63.5 Å². The molecule has 32 heavy (non-hydrogen) atoms. The zero-order valence-electron chi connectivity index (χ0n) is 18.3. The van der Waals surface area contributed by atoms with Gasteiger partial charge in [0.15, 0.2) is 0 Å². The molecule has 0 atom stereocenters. The second-order valence-electron chi connectivity index (χ2n) is 7.79. The van der Waals surface area contributed by atoms with Crippen LogP contribution in [0.15, 0.2) is 60.8 Å². The van der Waals surface area contributed by atoms with Crippen LogP contribution in [0, 0.1) is 6.92 Å². The molecule has 4 aromatic rings. The van der Waals surface area contributed by atoms with E-state index in [1.165, 1.54) is 0 Å². The van der Waals surface area contributed by atoms with Crippen LogP contribution < -0.4 is 15.4 Å². The summed E-state index contributed by atoms with van der Waals surface area (Å²) in [4.78, 5) is 26.4. The molecule has 8 nitrogen and oxygen atoms in total. The summed E-state index contributed by atoms with van der Waals surface area (Å²) < 4.78 is 5.93. The fourth-order valence-electron chi connectivity index (χ4n) is 3.26. The summed E-state index contributed by atoms with van der Waals surface area (Å²) in [5, 5.41) is 7.12.